The molecule has 0 fully saturated rings. The van der Waals surface area contributed by atoms with E-state index in [4.69, 9.17) is 0 Å². The molecule has 0 saturated heterocycles. The molecule has 12 heavy (non-hydrogen) atoms. The van der Waals surface area contributed by atoms with Crippen molar-refractivity contribution < 1.29 is 0 Å². The Morgan fingerprint density at radius 3 is 2.58 bits per heavy atom. The van der Waals surface area contributed by atoms with E-state index in [0.717, 1.165) is 0 Å². The Bertz CT molecular complexity index is 418. The van der Waals surface area contributed by atoms with Crippen molar-refractivity contribution in [1.82, 2.24) is 0 Å². The van der Waals surface area contributed by atoms with E-state index in [0.29, 0.717) is 0 Å². The van der Waals surface area contributed by atoms with Crippen molar-refractivity contribution in [2.75, 3.05) is 0 Å². The van der Waals surface area contributed by atoms with Gasteiger partial charge in [0.05, 0.1) is 0 Å². The molecule has 2 rings (SSSR count). The molecule has 0 unspecified atom stereocenters. The topological polar surface area (TPSA) is 0 Å². The molecule has 0 aliphatic heterocycles. The monoisotopic (exact) mass is 148 g/mol. The minimum atomic E-state index is 1.33. The summed E-state index contributed by atoms with van der Waals surface area (Å²) < 4.78 is 1.37. The Kier molecular flexibility index (Phi) is 1.96. The zero-order valence-electron chi connectivity index (χ0n) is 7.46. The first-order valence-electron chi connectivity index (χ1n) is 4.24. The molecule has 1 heteroatoms. The van der Waals surface area contributed by atoms with Crippen LogP contribution < -0.4 is 4.24 Å². The van der Waals surface area contributed by atoms with Gasteiger partial charge in [-0.05, 0) is 0 Å². The standard InChI is InChI=1S/C11H9.Li/c1-9-5-4-7-10-6-2-3-8-11(9)10;/h2-4,6-8H,1H3;. The van der Waals surface area contributed by atoms with Gasteiger partial charge in [-0.15, -0.1) is 0 Å². The summed E-state index contributed by atoms with van der Waals surface area (Å²) in [6.07, 6.45) is 0. The molecule has 0 aliphatic carbocycles. The molecule has 0 bridgehead atoms. The summed E-state index contributed by atoms with van der Waals surface area (Å²) in [7, 11) is 0. The van der Waals surface area contributed by atoms with Gasteiger partial charge >= 0.3 is 81.6 Å². The molecule has 0 heterocycles. The van der Waals surface area contributed by atoms with Crippen LogP contribution in [-0.4, -0.2) is 17.7 Å². The van der Waals surface area contributed by atoms with Crippen molar-refractivity contribution in [1.29, 1.82) is 0 Å². The fourth-order valence-corrected chi connectivity index (χ4v) is 1.54. The molecule has 54 valence electrons. The minimum absolute atomic E-state index is 1.33. The van der Waals surface area contributed by atoms with Crippen LogP contribution in [0, 0.1) is 6.92 Å². The number of hydrogen-bond acceptors (Lipinski definition) is 0. The van der Waals surface area contributed by atoms with Crippen LogP contribution >= 0.6 is 0 Å². The first-order chi connectivity index (χ1) is 5.79. The van der Waals surface area contributed by atoms with E-state index in [2.05, 4.69) is 61.0 Å². The van der Waals surface area contributed by atoms with Crippen molar-refractivity contribution in [3.63, 3.8) is 0 Å². The first kappa shape index (κ1) is 7.92. The van der Waals surface area contributed by atoms with E-state index in [-0.39, 0.29) is 0 Å². The molecule has 0 N–H and O–H groups in total. The fourth-order valence-electron chi connectivity index (χ4n) is 1.54. The summed E-state index contributed by atoms with van der Waals surface area (Å²) in [5.41, 5.74) is 1.40. The maximum atomic E-state index is 2.18. The van der Waals surface area contributed by atoms with Gasteiger partial charge in [-0.2, -0.15) is 0 Å². The number of benzene rings is 2. The SMILES string of the molecule is [Li][c]1ccc2ccccc2c1C. The Morgan fingerprint density at radius 1 is 1.00 bits per heavy atom. The summed E-state index contributed by atoms with van der Waals surface area (Å²) in [5.74, 6) is 0. The second kappa shape index (κ2) is 2.98. The first-order valence-corrected chi connectivity index (χ1v) is 4.24. The number of fused-ring (bicyclic) bond motifs is 1. The molecule has 0 aliphatic rings. The number of rotatable bonds is 0. The van der Waals surface area contributed by atoms with E-state index >= 15 is 0 Å². The van der Waals surface area contributed by atoms with Crippen molar-refractivity contribution in [2.24, 2.45) is 0 Å². The van der Waals surface area contributed by atoms with E-state index in [9.17, 15) is 0 Å². The summed E-state index contributed by atoms with van der Waals surface area (Å²) >= 11 is 2.15. The van der Waals surface area contributed by atoms with Crippen LogP contribution in [0.1, 0.15) is 5.56 Å². The molecule has 0 spiro atoms. The van der Waals surface area contributed by atoms with Crippen LogP contribution in [0.3, 0.4) is 0 Å². The van der Waals surface area contributed by atoms with E-state index < -0.39 is 0 Å². The summed E-state index contributed by atoms with van der Waals surface area (Å²) in [6, 6.07) is 12.9. The third-order valence-corrected chi connectivity index (χ3v) is 2.47. The van der Waals surface area contributed by atoms with Gasteiger partial charge in [-0.25, -0.2) is 0 Å². The van der Waals surface area contributed by atoms with Crippen molar-refractivity contribution >= 4 is 32.7 Å². The molecule has 0 nitrogen and oxygen atoms in total. The summed E-state index contributed by atoms with van der Waals surface area (Å²) in [4.78, 5) is 0. The van der Waals surface area contributed by atoms with Gasteiger partial charge in [0.2, 0.25) is 0 Å². The zero-order chi connectivity index (χ0) is 8.55. The molecule has 0 atom stereocenters. The fraction of sp³-hybridized carbons (Fsp3) is 0.0909. The average molecular weight is 148 g/mol. The molecular formula is C11H9Li. The second-order valence-electron chi connectivity index (χ2n) is 3.23. The summed E-state index contributed by atoms with van der Waals surface area (Å²) in [6.45, 7) is 2.18. The third kappa shape index (κ3) is 1.18. The van der Waals surface area contributed by atoms with Gasteiger partial charge < -0.3 is 0 Å². The molecule has 2 aromatic rings. The Labute approximate surface area is 81.8 Å². The zero-order valence-corrected chi connectivity index (χ0v) is 7.46. The van der Waals surface area contributed by atoms with E-state index in [1.165, 1.54) is 20.6 Å². The van der Waals surface area contributed by atoms with Crippen molar-refractivity contribution in [3.05, 3.63) is 42.0 Å². The van der Waals surface area contributed by atoms with Crippen LogP contribution in [-0.2, 0) is 0 Å². The van der Waals surface area contributed by atoms with Gasteiger partial charge in [0.1, 0.15) is 0 Å². The average Bonchev–Trinajstić information content (AvgIpc) is 2.12. The van der Waals surface area contributed by atoms with E-state index in [1.54, 1.807) is 0 Å². The van der Waals surface area contributed by atoms with Crippen LogP contribution in [0.15, 0.2) is 36.4 Å². The maximum absolute atomic E-state index is 2.18. The Hall–Kier alpha value is -0.703. The van der Waals surface area contributed by atoms with Gasteiger partial charge in [-0.1, -0.05) is 0 Å². The summed E-state index contributed by atoms with van der Waals surface area (Å²) in [5, 5.41) is 2.71. The third-order valence-electron chi connectivity index (χ3n) is 2.47. The predicted octanol–water partition coefficient (Wildman–Crippen LogP) is 1.94. The van der Waals surface area contributed by atoms with Crippen LogP contribution in [0.5, 0.6) is 0 Å². The Morgan fingerprint density at radius 2 is 1.75 bits per heavy atom. The molecule has 2 aromatic carbocycles. The Balaban J connectivity index is 2.91. The molecule has 0 aromatic heterocycles. The van der Waals surface area contributed by atoms with Crippen molar-refractivity contribution in [2.45, 2.75) is 6.92 Å². The van der Waals surface area contributed by atoms with Gasteiger partial charge in [-0.3, -0.25) is 0 Å². The molecule has 0 amide bonds. The quantitative estimate of drug-likeness (QED) is 0.501. The van der Waals surface area contributed by atoms with Crippen molar-refractivity contribution in [3.8, 4) is 0 Å². The molecule has 0 radical (unpaired) electrons. The second-order valence-corrected chi connectivity index (χ2v) is 3.23. The van der Waals surface area contributed by atoms with Gasteiger partial charge in [0.25, 0.3) is 0 Å². The van der Waals surface area contributed by atoms with Gasteiger partial charge in [0.15, 0.2) is 0 Å². The molecule has 0 saturated carbocycles. The predicted molar refractivity (Wildman–Crippen MR) is 54.1 cm³/mol. The molecular weight excluding hydrogens is 139 g/mol. The normalized spacial score (nSPS) is 10.6. The van der Waals surface area contributed by atoms with Crippen LogP contribution in [0.2, 0.25) is 0 Å². The van der Waals surface area contributed by atoms with Crippen LogP contribution in [0.25, 0.3) is 10.8 Å². The van der Waals surface area contributed by atoms with Crippen LogP contribution in [0.4, 0.5) is 0 Å². The number of hydrogen-bond donors (Lipinski definition) is 0. The van der Waals surface area contributed by atoms with E-state index in [1.807, 2.05) is 0 Å². The van der Waals surface area contributed by atoms with Gasteiger partial charge in [0, 0.05) is 0 Å². The number of aryl methyl sites for hydroxylation is 1.